The van der Waals surface area contributed by atoms with E-state index < -0.39 is 0 Å². The van der Waals surface area contributed by atoms with Crippen molar-refractivity contribution < 1.29 is 14.4 Å². The molecule has 0 radical (unpaired) electrons. The Hall–Kier alpha value is -2.38. The zero-order valence-electron chi connectivity index (χ0n) is 14.6. The maximum absolute atomic E-state index is 12.7. The van der Waals surface area contributed by atoms with E-state index in [1.807, 2.05) is 41.8 Å². The molecule has 7 heteroatoms. The van der Waals surface area contributed by atoms with Gasteiger partial charge in [0.25, 0.3) is 11.1 Å². The SMILES string of the molecule is O=C1S/C(=C/c2cccs2)C(=O)N1CCC(=O)N1CCCc2ccccc21. The fraction of sp³-hybridized carbons (Fsp3) is 0.250. The summed E-state index contributed by atoms with van der Waals surface area (Å²) >= 11 is 2.45. The summed E-state index contributed by atoms with van der Waals surface area (Å²) in [7, 11) is 0. The Balaban J connectivity index is 1.42. The lowest BCUT2D eigenvalue weighted by Crippen LogP contribution is -2.38. The van der Waals surface area contributed by atoms with Crippen LogP contribution < -0.4 is 4.90 Å². The number of hydrogen-bond donors (Lipinski definition) is 0. The Morgan fingerprint density at radius 2 is 2.00 bits per heavy atom. The average Bonchev–Trinajstić information content (AvgIpc) is 3.28. The largest absolute Gasteiger partial charge is 0.312 e. The van der Waals surface area contributed by atoms with Crippen molar-refractivity contribution in [3.63, 3.8) is 0 Å². The van der Waals surface area contributed by atoms with E-state index in [-0.39, 0.29) is 30.0 Å². The molecule has 3 amide bonds. The topological polar surface area (TPSA) is 57.7 Å². The molecule has 5 nitrogen and oxygen atoms in total. The quantitative estimate of drug-likeness (QED) is 0.726. The van der Waals surface area contributed by atoms with Crippen LogP contribution in [0, 0.1) is 0 Å². The van der Waals surface area contributed by atoms with Gasteiger partial charge in [-0.1, -0.05) is 24.3 Å². The van der Waals surface area contributed by atoms with Gasteiger partial charge in [0.2, 0.25) is 5.91 Å². The van der Waals surface area contributed by atoms with Crippen LogP contribution in [0.5, 0.6) is 0 Å². The molecule has 0 aliphatic carbocycles. The molecule has 0 N–H and O–H groups in total. The predicted molar refractivity (Wildman–Crippen MR) is 109 cm³/mol. The van der Waals surface area contributed by atoms with Crippen LogP contribution in [0.15, 0.2) is 46.7 Å². The van der Waals surface area contributed by atoms with Gasteiger partial charge in [0.15, 0.2) is 0 Å². The monoisotopic (exact) mass is 398 g/mol. The van der Waals surface area contributed by atoms with E-state index in [0.717, 1.165) is 35.2 Å². The fourth-order valence-electron chi connectivity index (χ4n) is 3.33. The van der Waals surface area contributed by atoms with Crippen molar-refractivity contribution in [1.82, 2.24) is 4.90 Å². The second-order valence-electron chi connectivity index (χ2n) is 6.38. The molecule has 1 fully saturated rings. The molecule has 27 heavy (non-hydrogen) atoms. The number of amides is 3. The molecule has 3 heterocycles. The Labute approximate surface area is 165 Å². The third kappa shape index (κ3) is 3.70. The number of nitrogens with zero attached hydrogens (tertiary/aromatic N) is 2. The number of thiophene rings is 1. The normalized spacial score (nSPS) is 18.3. The van der Waals surface area contributed by atoms with E-state index in [1.54, 1.807) is 11.0 Å². The van der Waals surface area contributed by atoms with E-state index in [2.05, 4.69) is 0 Å². The van der Waals surface area contributed by atoms with Crippen LogP contribution in [0.25, 0.3) is 6.08 Å². The van der Waals surface area contributed by atoms with Crippen molar-refractivity contribution in [2.75, 3.05) is 18.0 Å². The molecule has 2 aromatic rings. The number of aryl methyl sites for hydroxylation is 1. The predicted octanol–water partition coefficient (Wildman–Crippen LogP) is 4.15. The molecule has 2 aliphatic rings. The van der Waals surface area contributed by atoms with E-state index >= 15 is 0 Å². The first-order valence-corrected chi connectivity index (χ1v) is 10.5. The molecule has 0 unspecified atom stereocenters. The number of carbonyl (C=O) groups excluding carboxylic acids is 3. The first-order chi connectivity index (χ1) is 13.1. The highest BCUT2D eigenvalue weighted by atomic mass is 32.2. The van der Waals surface area contributed by atoms with Crippen molar-refractivity contribution in [3.05, 3.63) is 57.1 Å². The van der Waals surface area contributed by atoms with Crippen LogP contribution in [-0.4, -0.2) is 35.0 Å². The summed E-state index contributed by atoms with van der Waals surface area (Å²) in [6.45, 7) is 0.792. The number of thioether (sulfide) groups is 1. The van der Waals surface area contributed by atoms with Gasteiger partial charge >= 0.3 is 0 Å². The summed E-state index contributed by atoms with van der Waals surface area (Å²) in [4.78, 5) is 41.8. The highest BCUT2D eigenvalue weighted by Gasteiger charge is 2.35. The highest BCUT2D eigenvalue weighted by Crippen LogP contribution is 2.33. The molecule has 1 saturated heterocycles. The number of para-hydroxylation sites is 1. The van der Waals surface area contributed by atoms with Crippen molar-refractivity contribution >= 4 is 51.9 Å². The number of carbonyl (C=O) groups is 3. The molecule has 0 atom stereocenters. The van der Waals surface area contributed by atoms with E-state index in [1.165, 1.54) is 21.8 Å². The van der Waals surface area contributed by atoms with Gasteiger partial charge in [-0.2, -0.15) is 0 Å². The smallest absolute Gasteiger partial charge is 0.293 e. The third-order valence-corrected chi connectivity index (χ3v) is 6.38. The Kier molecular flexibility index (Phi) is 5.13. The molecule has 4 rings (SSSR count). The zero-order chi connectivity index (χ0) is 18.8. The summed E-state index contributed by atoms with van der Waals surface area (Å²) in [5.41, 5.74) is 2.11. The van der Waals surface area contributed by atoms with E-state index in [9.17, 15) is 14.4 Å². The van der Waals surface area contributed by atoms with Gasteiger partial charge in [0.05, 0.1) is 4.91 Å². The molecular weight excluding hydrogens is 380 g/mol. The fourth-order valence-corrected chi connectivity index (χ4v) is 4.92. The van der Waals surface area contributed by atoms with Gasteiger partial charge in [0.1, 0.15) is 0 Å². The van der Waals surface area contributed by atoms with Gasteiger partial charge in [-0.05, 0) is 53.8 Å². The minimum atomic E-state index is -0.315. The van der Waals surface area contributed by atoms with Crippen molar-refractivity contribution in [1.29, 1.82) is 0 Å². The lowest BCUT2D eigenvalue weighted by Gasteiger charge is -2.29. The van der Waals surface area contributed by atoms with Crippen molar-refractivity contribution in [3.8, 4) is 0 Å². The lowest BCUT2D eigenvalue weighted by molar-refractivity contribution is -0.123. The van der Waals surface area contributed by atoms with E-state index in [4.69, 9.17) is 0 Å². The van der Waals surface area contributed by atoms with Crippen LogP contribution in [0.2, 0.25) is 0 Å². The van der Waals surface area contributed by atoms with Crippen molar-refractivity contribution in [2.24, 2.45) is 0 Å². The molecule has 2 aliphatic heterocycles. The van der Waals surface area contributed by atoms with Crippen LogP contribution in [-0.2, 0) is 16.0 Å². The second-order valence-corrected chi connectivity index (χ2v) is 8.35. The van der Waals surface area contributed by atoms with Gasteiger partial charge < -0.3 is 4.90 Å². The standard InChI is InChI=1S/C20H18N2O3S2/c23-18(21-10-3-6-14-5-1-2-8-16(14)21)9-11-22-19(24)17(27-20(22)25)13-15-7-4-12-26-15/h1-2,4-5,7-8,12-13H,3,6,9-11H2/b17-13+. The maximum atomic E-state index is 12.7. The molecule has 1 aromatic heterocycles. The number of benzene rings is 1. The summed E-state index contributed by atoms with van der Waals surface area (Å²) < 4.78 is 0. The number of rotatable bonds is 4. The Morgan fingerprint density at radius 1 is 1.15 bits per heavy atom. The molecule has 138 valence electrons. The minimum absolute atomic E-state index is 0.0524. The van der Waals surface area contributed by atoms with Gasteiger partial charge in [-0.3, -0.25) is 19.3 Å². The molecule has 0 bridgehead atoms. The molecule has 1 aromatic carbocycles. The first-order valence-electron chi connectivity index (χ1n) is 8.80. The van der Waals surface area contributed by atoms with E-state index in [0.29, 0.717) is 11.4 Å². The summed E-state index contributed by atoms with van der Waals surface area (Å²) in [6, 6.07) is 11.7. The third-order valence-electron chi connectivity index (χ3n) is 4.65. The number of imide groups is 1. The maximum Gasteiger partial charge on any atom is 0.293 e. The van der Waals surface area contributed by atoms with Crippen molar-refractivity contribution in [2.45, 2.75) is 19.3 Å². The number of anilines is 1. The Morgan fingerprint density at radius 3 is 2.81 bits per heavy atom. The number of fused-ring (bicyclic) bond motifs is 1. The number of hydrogen-bond acceptors (Lipinski definition) is 5. The zero-order valence-corrected chi connectivity index (χ0v) is 16.2. The highest BCUT2D eigenvalue weighted by molar-refractivity contribution is 8.18. The summed E-state index contributed by atoms with van der Waals surface area (Å²) in [6.07, 6.45) is 3.77. The minimum Gasteiger partial charge on any atom is -0.312 e. The summed E-state index contributed by atoms with van der Waals surface area (Å²) in [5.74, 6) is -0.367. The molecular formula is C20H18N2O3S2. The van der Waals surface area contributed by atoms with Gasteiger partial charge in [-0.15, -0.1) is 11.3 Å². The molecule has 0 spiro atoms. The van der Waals surface area contributed by atoms with Crippen LogP contribution in [0.1, 0.15) is 23.3 Å². The van der Waals surface area contributed by atoms with Gasteiger partial charge in [-0.25, -0.2) is 0 Å². The molecule has 0 saturated carbocycles. The van der Waals surface area contributed by atoms with Crippen LogP contribution in [0.4, 0.5) is 10.5 Å². The van der Waals surface area contributed by atoms with Crippen LogP contribution >= 0.6 is 23.1 Å². The first kappa shape index (κ1) is 18.0. The average molecular weight is 399 g/mol. The van der Waals surface area contributed by atoms with Crippen LogP contribution in [0.3, 0.4) is 0 Å². The van der Waals surface area contributed by atoms with Gasteiger partial charge in [0, 0.05) is 30.1 Å². The summed E-state index contributed by atoms with van der Waals surface area (Å²) in [5, 5.41) is 1.61. The Bertz CT molecular complexity index is 921. The lowest BCUT2D eigenvalue weighted by atomic mass is 10.0. The second kappa shape index (κ2) is 7.70.